The SMILES string of the molecule is CC(=O)Nc1ccc2cc(-c3ccccc3)c(Cl)nc2n1. The van der Waals surface area contributed by atoms with Gasteiger partial charge in [0.05, 0.1) is 0 Å². The highest BCUT2D eigenvalue weighted by atomic mass is 35.5. The largest absolute Gasteiger partial charge is 0.311 e. The molecule has 0 aliphatic carbocycles. The molecule has 1 aromatic carbocycles. The molecule has 0 fully saturated rings. The lowest BCUT2D eigenvalue weighted by Crippen LogP contribution is -2.07. The highest BCUT2D eigenvalue weighted by Gasteiger charge is 2.09. The maximum absolute atomic E-state index is 11.1. The molecule has 0 unspecified atom stereocenters. The van der Waals surface area contributed by atoms with Gasteiger partial charge in [0.1, 0.15) is 11.0 Å². The van der Waals surface area contributed by atoms with Crippen molar-refractivity contribution in [3.8, 4) is 11.1 Å². The number of anilines is 1. The van der Waals surface area contributed by atoms with E-state index in [4.69, 9.17) is 11.6 Å². The second kappa shape index (κ2) is 5.50. The molecule has 5 heteroatoms. The van der Waals surface area contributed by atoms with Crippen LogP contribution in [0.25, 0.3) is 22.2 Å². The van der Waals surface area contributed by atoms with Crippen LogP contribution in [0.5, 0.6) is 0 Å². The zero-order valence-corrected chi connectivity index (χ0v) is 12.1. The Morgan fingerprint density at radius 2 is 1.86 bits per heavy atom. The molecule has 3 rings (SSSR count). The first-order valence-corrected chi connectivity index (χ1v) is 6.81. The number of rotatable bonds is 2. The van der Waals surface area contributed by atoms with Crippen LogP contribution in [-0.2, 0) is 4.79 Å². The van der Waals surface area contributed by atoms with Gasteiger partial charge in [0, 0.05) is 17.9 Å². The summed E-state index contributed by atoms with van der Waals surface area (Å²) in [4.78, 5) is 19.7. The fourth-order valence-corrected chi connectivity index (χ4v) is 2.34. The summed E-state index contributed by atoms with van der Waals surface area (Å²) in [6.07, 6.45) is 0. The first-order valence-electron chi connectivity index (χ1n) is 6.44. The number of hydrogen-bond donors (Lipinski definition) is 1. The smallest absolute Gasteiger partial charge is 0.222 e. The minimum atomic E-state index is -0.172. The Balaban J connectivity index is 2.11. The Bertz CT molecular complexity index is 818. The van der Waals surface area contributed by atoms with Crippen LogP contribution in [0.3, 0.4) is 0 Å². The van der Waals surface area contributed by atoms with Gasteiger partial charge in [-0.25, -0.2) is 9.97 Å². The molecule has 1 amide bonds. The third-order valence-electron chi connectivity index (χ3n) is 3.02. The van der Waals surface area contributed by atoms with Crippen molar-refractivity contribution in [3.05, 3.63) is 53.7 Å². The summed E-state index contributed by atoms with van der Waals surface area (Å²) < 4.78 is 0. The Morgan fingerprint density at radius 1 is 1.10 bits per heavy atom. The van der Waals surface area contributed by atoms with Crippen molar-refractivity contribution in [1.29, 1.82) is 0 Å². The standard InChI is InChI=1S/C16H12ClN3O/c1-10(21)18-14-8-7-12-9-13(11-5-3-2-4-6-11)15(17)20-16(12)19-14/h2-9H,1H3,(H,18,19,20,21). The molecule has 2 aromatic heterocycles. The van der Waals surface area contributed by atoms with Gasteiger partial charge in [-0.2, -0.15) is 0 Å². The van der Waals surface area contributed by atoms with Crippen molar-refractivity contribution >= 4 is 34.4 Å². The van der Waals surface area contributed by atoms with Gasteiger partial charge in [-0.3, -0.25) is 4.79 Å². The maximum Gasteiger partial charge on any atom is 0.222 e. The number of hydrogen-bond acceptors (Lipinski definition) is 3. The minimum absolute atomic E-state index is 0.172. The summed E-state index contributed by atoms with van der Waals surface area (Å²) >= 11 is 6.26. The van der Waals surface area contributed by atoms with E-state index in [1.807, 2.05) is 42.5 Å². The minimum Gasteiger partial charge on any atom is -0.311 e. The molecule has 4 nitrogen and oxygen atoms in total. The van der Waals surface area contributed by atoms with Gasteiger partial charge in [-0.1, -0.05) is 41.9 Å². The van der Waals surface area contributed by atoms with E-state index in [9.17, 15) is 4.79 Å². The molecule has 104 valence electrons. The molecule has 0 atom stereocenters. The molecule has 0 bridgehead atoms. The highest BCUT2D eigenvalue weighted by Crippen LogP contribution is 2.29. The number of fused-ring (bicyclic) bond motifs is 1. The second-order valence-corrected chi connectivity index (χ2v) is 4.98. The van der Waals surface area contributed by atoms with Crippen LogP contribution < -0.4 is 5.32 Å². The molecule has 2 heterocycles. The number of nitrogens with one attached hydrogen (secondary N) is 1. The first kappa shape index (κ1) is 13.5. The summed E-state index contributed by atoms with van der Waals surface area (Å²) in [6.45, 7) is 1.44. The number of benzene rings is 1. The first-order chi connectivity index (χ1) is 10.1. The fourth-order valence-electron chi connectivity index (χ4n) is 2.10. The van der Waals surface area contributed by atoms with Gasteiger partial charge in [-0.15, -0.1) is 0 Å². The molecular weight excluding hydrogens is 286 g/mol. The third kappa shape index (κ3) is 2.85. The summed E-state index contributed by atoms with van der Waals surface area (Å²) in [5.41, 5.74) is 2.37. The Morgan fingerprint density at radius 3 is 2.57 bits per heavy atom. The normalized spacial score (nSPS) is 10.6. The molecule has 3 aromatic rings. The zero-order valence-electron chi connectivity index (χ0n) is 11.3. The number of amides is 1. The fraction of sp³-hybridized carbons (Fsp3) is 0.0625. The van der Waals surface area contributed by atoms with Gasteiger partial charge in [0.2, 0.25) is 5.91 Å². The van der Waals surface area contributed by atoms with Crippen LogP contribution >= 0.6 is 11.6 Å². The van der Waals surface area contributed by atoms with Crippen molar-refractivity contribution in [2.45, 2.75) is 6.92 Å². The van der Waals surface area contributed by atoms with E-state index in [1.54, 1.807) is 6.07 Å². The molecule has 1 N–H and O–H groups in total. The van der Waals surface area contributed by atoms with E-state index < -0.39 is 0 Å². The Kier molecular flexibility index (Phi) is 3.54. The number of carbonyl (C=O) groups excluding carboxylic acids is 1. The van der Waals surface area contributed by atoms with Crippen molar-refractivity contribution < 1.29 is 4.79 Å². The molecule has 0 spiro atoms. The maximum atomic E-state index is 11.1. The Labute approximate surface area is 126 Å². The number of halogens is 1. The van der Waals surface area contributed by atoms with Crippen molar-refractivity contribution in [2.24, 2.45) is 0 Å². The van der Waals surface area contributed by atoms with Gasteiger partial charge >= 0.3 is 0 Å². The van der Waals surface area contributed by atoms with Gasteiger partial charge < -0.3 is 5.32 Å². The Hall–Kier alpha value is -2.46. The molecule has 0 saturated heterocycles. The topological polar surface area (TPSA) is 54.9 Å². The number of carbonyl (C=O) groups is 1. The number of pyridine rings is 2. The van der Waals surface area contributed by atoms with E-state index in [-0.39, 0.29) is 5.91 Å². The lowest BCUT2D eigenvalue weighted by molar-refractivity contribution is -0.114. The van der Waals surface area contributed by atoms with Gasteiger partial charge in [0.25, 0.3) is 0 Å². The summed E-state index contributed by atoms with van der Waals surface area (Å²) in [6, 6.07) is 15.4. The van der Waals surface area contributed by atoms with Crippen molar-refractivity contribution in [2.75, 3.05) is 5.32 Å². The average molecular weight is 298 g/mol. The molecule has 0 aliphatic rings. The lowest BCUT2D eigenvalue weighted by atomic mass is 10.1. The number of nitrogens with zero attached hydrogens (tertiary/aromatic N) is 2. The summed E-state index contributed by atoms with van der Waals surface area (Å²) in [5.74, 6) is 0.292. The van der Waals surface area contributed by atoms with E-state index >= 15 is 0 Å². The second-order valence-electron chi connectivity index (χ2n) is 4.62. The predicted molar refractivity (Wildman–Crippen MR) is 84.3 cm³/mol. The monoisotopic (exact) mass is 297 g/mol. The lowest BCUT2D eigenvalue weighted by Gasteiger charge is -2.07. The summed E-state index contributed by atoms with van der Waals surface area (Å²) in [7, 11) is 0. The van der Waals surface area contributed by atoms with E-state index in [0.29, 0.717) is 16.6 Å². The quantitative estimate of drug-likeness (QED) is 0.730. The van der Waals surface area contributed by atoms with Crippen LogP contribution in [0, 0.1) is 0 Å². The van der Waals surface area contributed by atoms with Crippen LogP contribution in [0.1, 0.15) is 6.92 Å². The van der Waals surface area contributed by atoms with Gasteiger partial charge in [0.15, 0.2) is 5.65 Å². The molecular formula is C16H12ClN3O. The average Bonchev–Trinajstić information content (AvgIpc) is 2.46. The highest BCUT2D eigenvalue weighted by molar-refractivity contribution is 6.32. The molecule has 21 heavy (non-hydrogen) atoms. The van der Waals surface area contributed by atoms with Gasteiger partial charge in [-0.05, 0) is 23.8 Å². The zero-order chi connectivity index (χ0) is 14.8. The van der Waals surface area contributed by atoms with Crippen molar-refractivity contribution in [3.63, 3.8) is 0 Å². The predicted octanol–water partition coefficient (Wildman–Crippen LogP) is 3.91. The van der Waals surface area contributed by atoms with Crippen molar-refractivity contribution in [1.82, 2.24) is 9.97 Å². The summed E-state index contributed by atoms with van der Waals surface area (Å²) in [5, 5.41) is 3.89. The van der Waals surface area contributed by atoms with Crippen LogP contribution in [0.2, 0.25) is 5.15 Å². The van der Waals surface area contributed by atoms with E-state index in [0.717, 1.165) is 16.5 Å². The molecule has 0 radical (unpaired) electrons. The third-order valence-corrected chi connectivity index (χ3v) is 3.31. The molecule has 0 saturated carbocycles. The van der Waals surface area contributed by atoms with Crippen LogP contribution in [-0.4, -0.2) is 15.9 Å². The van der Waals surface area contributed by atoms with Crippen LogP contribution in [0.4, 0.5) is 5.82 Å². The van der Waals surface area contributed by atoms with E-state index in [2.05, 4.69) is 15.3 Å². The van der Waals surface area contributed by atoms with Crippen LogP contribution in [0.15, 0.2) is 48.5 Å². The number of aromatic nitrogens is 2. The molecule has 0 aliphatic heterocycles. The van der Waals surface area contributed by atoms with E-state index in [1.165, 1.54) is 6.92 Å².